The predicted octanol–water partition coefficient (Wildman–Crippen LogP) is 5.74. The van der Waals surface area contributed by atoms with Crippen LogP contribution in [-0.2, 0) is 15.8 Å². The first-order valence-corrected chi connectivity index (χ1v) is 11.5. The molecule has 0 aromatic heterocycles. The van der Waals surface area contributed by atoms with Crippen LogP contribution in [0.4, 0.5) is 4.79 Å². The summed E-state index contributed by atoms with van der Waals surface area (Å²) in [4.78, 5) is 14.7. The highest BCUT2D eigenvalue weighted by Crippen LogP contribution is 2.51. The average molecular weight is 420 g/mol. The van der Waals surface area contributed by atoms with E-state index in [2.05, 4.69) is 56.3 Å². The van der Waals surface area contributed by atoms with E-state index >= 15 is 0 Å². The van der Waals surface area contributed by atoms with Gasteiger partial charge in [0.15, 0.2) is 0 Å². The third kappa shape index (κ3) is 3.18. The molecule has 2 heterocycles. The van der Waals surface area contributed by atoms with Gasteiger partial charge in [-0.15, -0.1) is 0 Å². The first-order chi connectivity index (χ1) is 14.5. The van der Waals surface area contributed by atoms with E-state index in [9.17, 15) is 9.90 Å². The minimum absolute atomic E-state index is 0.0251. The SMILES string of the molecule is CC(C)(C)OC(=O)N1C2CCC1CC(O)(c1ccc3c(c1)C(C)(C)c1ccccc1-3)C2. The zero-order valence-corrected chi connectivity index (χ0v) is 19.2. The molecule has 2 saturated heterocycles. The van der Waals surface area contributed by atoms with Crippen LogP contribution in [-0.4, -0.2) is 33.8 Å². The smallest absolute Gasteiger partial charge is 0.410 e. The molecule has 1 aliphatic carbocycles. The van der Waals surface area contributed by atoms with Gasteiger partial charge in [-0.05, 0) is 61.4 Å². The summed E-state index contributed by atoms with van der Waals surface area (Å²) in [6.07, 6.45) is 2.74. The van der Waals surface area contributed by atoms with E-state index in [1.54, 1.807) is 0 Å². The van der Waals surface area contributed by atoms with Crippen molar-refractivity contribution in [1.29, 1.82) is 0 Å². The van der Waals surface area contributed by atoms with Gasteiger partial charge < -0.3 is 14.7 Å². The molecule has 3 aliphatic rings. The van der Waals surface area contributed by atoms with Crippen molar-refractivity contribution < 1.29 is 14.6 Å². The Morgan fingerprint density at radius 3 is 2.26 bits per heavy atom. The van der Waals surface area contributed by atoms with E-state index in [1.165, 1.54) is 22.3 Å². The molecule has 4 heteroatoms. The van der Waals surface area contributed by atoms with E-state index in [-0.39, 0.29) is 23.6 Å². The summed E-state index contributed by atoms with van der Waals surface area (Å²) in [6.45, 7) is 10.2. The zero-order valence-electron chi connectivity index (χ0n) is 19.2. The van der Waals surface area contributed by atoms with E-state index in [0.29, 0.717) is 12.8 Å². The maximum absolute atomic E-state index is 12.8. The van der Waals surface area contributed by atoms with Crippen molar-refractivity contribution in [2.75, 3.05) is 0 Å². The van der Waals surface area contributed by atoms with Crippen LogP contribution in [0.3, 0.4) is 0 Å². The lowest BCUT2D eigenvalue weighted by molar-refractivity contribution is -0.0624. The van der Waals surface area contributed by atoms with Gasteiger partial charge in [-0.1, -0.05) is 56.3 Å². The Hall–Kier alpha value is -2.33. The van der Waals surface area contributed by atoms with Gasteiger partial charge in [-0.2, -0.15) is 0 Å². The normalized spacial score (nSPS) is 28.3. The molecule has 4 nitrogen and oxygen atoms in total. The van der Waals surface area contributed by atoms with Gasteiger partial charge in [0.1, 0.15) is 5.60 Å². The van der Waals surface area contributed by atoms with Gasteiger partial charge in [0.2, 0.25) is 0 Å². The number of carbonyl (C=O) groups excluding carboxylic acids is 1. The third-order valence-electron chi connectivity index (χ3n) is 7.49. The Labute approximate surface area is 185 Å². The Kier molecular flexibility index (Phi) is 4.37. The van der Waals surface area contributed by atoms with Gasteiger partial charge >= 0.3 is 6.09 Å². The summed E-state index contributed by atoms with van der Waals surface area (Å²) in [5.41, 5.74) is 4.65. The highest BCUT2D eigenvalue weighted by molar-refractivity contribution is 5.81. The fourth-order valence-electron chi connectivity index (χ4n) is 6.07. The van der Waals surface area contributed by atoms with Crippen LogP contribution in [0, 0.1) is 0 Å². The summed E-state index contributed by atoms with van der Waals surface area (Å²) in [6, 6.07) is 15.1. The Balaban J connectivity index is 1.46. The highest BCUT2D eigenvalue weighted by atomic mass is 16.6. The lowest BCUT2D eigenvalue weighted by Gasteiger charge is -2.44. The van der Waals surface area contributed by atoms with Crippen molar-refractivity contribution in [2.45, 2.75) is 89.0 Å². The number of fused-ring (bicyclic) bond motifs is 5. The molecule has 164 valence electrons. The van der Waals surface area contributed by atoms with Crippen molar-refractivity contribution in [3.63, 3.8) is 0 Å². The van der Waals surface area contributed by atoms with Gasteiger partial charge in [0.25, 0.3) is 0 Å². The Bertz CT molecular complexity index is 1030. The van der Waals surface area contributed by atoms with E-state index < -0.39 is 11.2 Å². The molecule has 1 amide bonds. The summed E-state index contributed by atoms with van der Waals surface area (Å²) in [7, 11) is 0. The van der Waals surface area contributed by atoms with Crippen LogP contribution < -0.4 is 0 Å². The molecule has 2 bridgehead atoms. The molecule has 31 heavy (non-hydrogen) atoms. The maximum atomic E-state index is 12.8. The number of nitrogens with zero attached hydrogens (tertiary/aromatic N) is 1. The second-order valence-electron chi connectivity index (χ2n) is 11.1. The van der Waals surface area contributed by atoms with E-state index in [4.69, 9.17) is 4.74 Å². The summed E-state index contributed by atoms with van der Waals surface area (Å²) in [5.74, 6) is 0. The minimum atomic E-state index is -0.912. The minimum Gasteiger partial charge on any atom is -0.444 e. The lowest BCUT2D eigenvalue weighted by atomic mass is 9.77. The average Bonchev–Trinajstić information content (AvgIpc) is 3.10. The summed E-state index contributed by atoms with van der Waals surface area (Å²) < 4.78 is 5.66. The number of aliphatic hydroxyl groups is 1. The molecule has 2 unspecified atom stereocenters. The molecule has 1 N–H and O–H groups in total. The third-order valence-corrected chi connectivity index (χ3v) is 7.49. The second-order valence-corrected chi connectivity index (χ2v) is 11.1. The molecule has 2 aliphatic heterocycles. The van der Waals surface area contributed by atoms with Crippen molar-refractivity contribution in [3.05, 3.63) is 59.2 Å². The molecule has 0 saturated carbocycles. The van der Waals surface area contributed by atoms with Crippen LogP contribution in [0.2, 0.25) is 0 Å². The molecule has 2 aromatic rings. The quantitative estimate of drug-likeness (QED) is 0.641. The van der Waals surface area contributed by atoms with Gasteiger partial charge in [0, 0.05) is 30.3 Å². The van der Waals surface area contributed by atoms with Crippen LogP contribution in [0.1, 0.15) is 77.0 Å². The standard InChI is InChI=1S/C27H33NO3/c1-25(2,3)31-24(29)28-18-11-12-19(28)16-27(30,15-18)17-10-13-21-20-8-6-7-9-22(20)26(4,5)23(21)14-17/h6-10,13-14,18-19,30H,11-12,15-16H2,1-5H3. The Morgan fingerprint density at radius 2 is 1.61 bits per heavy atom. The number of ether oxygens (including phenoxy) is 1. The fraction of sp³-hybridized carbons (Fsp3) is 0.519. The molecule has 0 spiro atoms. The molecule has 2 atom stereocenters. The second kappa shape index (κ2) is 6.59. The van der Waals surface area contributed by atoms with Crippen molar-refractivity contribution in [1.82, 2.24) is 4.90 Å². The number of benzene rings is 2. The van der Waals surface area contributed by atoms with Gasteiger partial charge in [-0.3, -0.25) is 0 Å². The summed E-state index contributed by atoms with van der Waals surface area (Å²) in [5, 5.41) is 11.8. The van der Waals surface area contributed by atoms with Crippen LogP contribution in [0.15, 0.2) is 42.5 Å². The Morgan fingerprint density at radius 1 is 1.00 bits per heavy atom. The van der Waals surface area contributed by atoms with Crippen molar-refractivity contribution >= 4 is 6.09 Å². The topological polar surface area (TPSA) is 49.8 Å². The van der Waals surface area contributed by atoms with Crippen molar-refractivity contribution in [2.24, 2.45) is 0 Å². The highest BCUT2D eigenvalue weighted by Gasteiger charge is 2.51. The summed E-state index contributed by atoms with van der Waals surface area (Å²) >= 11 is 0. The number of hydrogen-bond donors (Lipinski definition) is 1. The first-order valence-electron chi connectivity index (χ1n) is 11.5. The molecule has 0 radical (unpaired) electrons. The zero-order chi connectivity index (χ0) is 22.2. The largest absolute Gasteiger partial charge is 0.444 e. The first kappa shape index (κ1) is 20.6. The van der Waals surface area contributed by atoms with E-state index in [1.807, 2.05) is 25.7 Å². The van der Waals surface area contributed by atoms with Gasteiger partial charge in [-0.25, -0.2) is 4.79 Å². The maximum Gasteiger partial charge on any atom is 0.410 e. The number of hydrogen-bond acceptors (Lipinski definition) is 3. The molecular weight excluding hydrogens is 386 g/mol. The number of piperidine rings is 1. The molecular formula is C27H33NO3. The molecule has 2 aromatic carbocycles. The number of carbonyl (C=O) groups is 1. The van der Waals surface area contributed by atoms with Crippen LogP contribution >= 0.6 is 0 Å². The van der Waals surface area contributed by atoms with Crippen LogP contribution in [0.5, 0.6) is 0 Å². The predicted molar refractivity (Wildman–Crippen MR) is 122 cm³/mol. The lowest BCUT2D eigenvalue weighted by Crippen LogP contribution is -2.53. The number of amides is 1. The fourth-order valence-corrected chi connectivity index (χ4v) is 6.07. The van der Waals surface area contributed by atoms with Gasteiger partial charge in [0.05, 0.1) is 5.60 Å². The monoisotopic (exact) mass is 419 g/mol. The van der Waals surface area contributed by atoms with Crippen molar-refractivity contribution in [3.8, 4) is 11.1 Å². The van der Waals surface area contributed by atoms with E-state index in [0.717, 1.165) is 18.4 Å². The van der Waals surface area contributed by atoms with Crippen LogP contribution in [0.25, 0.3) is 11.1 Å². The number of rotatable bonds is 1. The molecule has 5 rings (SSSR count). The molecule has 2 fully saturated rings.